The van der Waals surface area contributed by atoms with Crippen LogP contribution in [-0.2, 0) is 14.8 Å². The van der Waals surface area contributed by atoms with Gasteiger partial charge in [-0.15, -0.1) is 11.3 Å². The van der Waals surface area contributed by atoms with Crippen LogP contribution in [0.2, 0.25) is 0 Å². The molecule has 1 aliphatic rings. The van der Waals surface area contributed by atoms with E-state index in [4.69, 9.17) is 0 Å². The molecule has 0 radical (unpaired) electrons. The predicted molar refractivity (Wildman–Crippen MR) is 121 cm³/mol. The Morgan fingerprint density at radius 1 is 1.03 bits per heavy atom. The first-order valence-corrected chi connectivity index (χ1v) is 12.8. The molecule has 1 aromatic heterocycles. The summed E-state index contributed by atoms with van der Waals surface area (Å²) in [5.41, 5.74) is 0.745. The molecule has 3 aromatic rings. The zero-order chi connectivity index (χ0) is 21.0. The minimum absolute atomic E-state index is 0.137. The summed E-state index contributed by atoms with van der Waals surface area (Å²) in [6.07, 6.45) is 1.35. The molecule has 0 aliphatic carbocycles. The molecule has 0 bridgehead atoms. The van der Waals surface area contributed by atoms with E-state index in [9.17, 15) is 13.2 Å². The fourth-order valence-corrected chi connectivity index (χ4v) is 7.01. The molecule has 0 spiro atoms. The maximum Gasteiger partial charge on any atom is 0.252 e. The van der Waals surface area contributed by atoms with Crippen molar-refractivity contribution in [3.8, 4) is 0 Å². The standard InChI is InChI=1S/C22H22N2O3S3/c25-22(17-8-6-14-24(16-17)30(26,27)21-13-7-15-28-21)23-19-11-4-5-12-20(19)29-18-9-2-1-3-10-18/h1-5,7,9-13,15,17H,6,8,14,16H2,(H,23,25)/t17-/m0/s1. The maximum absolute atomic E-state index is 13.0. The second kappa shape index (κ2) is 9.34. The van der Waals surface area contributed by atoms with Crippen molar-refractivity contribution in [3.63, 3.8) is 0 Å². The van der Waals surface area contributed by atoms with Gasteiger partial charge in [-0.05, 0) is 48.6 Å². The number of hydrogen-bond acceptors (Lipinski definition) is 5. The Kier molecular flexibility index (Phi) is 6.58. The molecule has 0 unspecified atom stereocenters. The molecule has 156 valence electrons. The Morgan fingerprint density at radius 3 is 2.57 bits per heavy atom. The smallest absolute Gasteiger partial charge is 0.252 e. The number of rotatable bonds is 6. The number of sulfonamides is 1. The van der Waals surface area contributed by atoms with Gasteiger partial charge in [0.25, 0.3) is 10.0 Å². The quantitative estimate of drug-likeness (QED) is 0.568. The van der Waals surface area contributed by atoms with E-state index >= 15 is 0 Å². The van der Waals surface area contributed by atoms with Crippen LogP contribution < -0.4 is 5.32 Å². The van der Waals surface area contributed by atoms with Crippen LogP contribution in [0.5, 0.6) is 0 Å². The van der Waals surface area contributed by atoms with Gasteiger partial charge >= 0.3 is 0 Å². The lowest BCUT2D eigenvalue weighted by atomic mass is 9.99. The van der Waals surface area contributed by atoms with E-state index in [0.717, 1.165) is 15.5 Å². The summed E-state index contributed by atoms with van der Waals surface area (Å²) in [5.74, 6) is -0.509. The van der Waals surface area contributed by atoms with Crippen LogP contribution in [0.1, 0.15) is 12.8 Å². The number of nitrogens with zero attached hydrogens (tertiary/aromatic N) is 1. The van der Waals surface area contributed by atoms with Crippen LogP contribution >= 0.6 is 23.1 Å². The van der Waals surface area contributed by atoms with Gasteiger partial charge in [-0.25, -0.2) is 8.42 Å². The van der Waals surface area contributed by atoms with Gasteiger partial charge in [0.2, 0.25) is 5.91 Å². The molecule has 1 amide bonds. The van der Waals surface area contributed by atoms with Gasteiger partial charge in [0.15, 0.2) is 0 Å². The van der Waals surface area contributed by atoms with Gasteiger partial charge in [-0.3, -0.25) is 4.79 Å². The molecule has 1 fully saturated rings. The number of thiophene rings is 1. The SMILES string of the molecule is O=C(Nc1ccccc1Sc1ccccc1)[C@H]1CCCN(S(=O)(=O)c2cccs2)C1. The lowest BCUT2D eigenvalue weighted by Gasteiger charge is -2.31. The third-order valence-corrected chi connectivity index (χ3v) is 9.28. The Hall–Kier alpha value is -2.13. The van der Waals surface area contributed by atoms with Crippen LogP contribution in [0.4, 0.5) is 5.69 Å². The number of piperidine rings is 1. The lowest BCUT2D eigenvalue weighted by Crippen LogP contribution is -2.43. The average molecular weight is 459 g/mol. The minimum Gasteiger partial charge on any atom is -0.325 e. The summed E-state index contributed by atoms with van der Waals surface area (Å²) in [4.78, 5) is 15.0. The number of benzene rings is 2. The van der Waals surface area contributed by atoms with Crippen molar-refractivity contribution in [3.05, 3.63) is 72.1 Å². The molecule has 5 nitrogen and oxygen atoms in total. The van der Waals surface area contributed by atoms with Crippen molar-refractivity contribution >= 4 is 44.7 Å². The minimum atomic E-state index is -3.54. The van der Waals surface area contributed by atoms with Crippen LogP contribution in [0.3, 0.4) is 0 Å². The van der Waals surface area contributed by atoms with Gasteiger partial charge in [-0.2, -0.15) is 4.31 Å². The Labute approximate surface area is 185 Å². The summed E-state index contributed by atoms with van der Waals surface area (Å²) in [6.45, 7) is 0.657. The molecule has 1 aliphatic heterocycles. The van der Waals surface area contributed by atoms with Gasteiger partial charge in [-0.1, -0.05) is 48.2 Å². The second-order valence-corrected chi connectivity index (χ2v) is 11.3. The first kappa shape index (κ1) is 21.1. The van der Waals surface area contributed by atoms with E-state index in [-0.39, 0.29) is 18.4 Å². The molecule has 1 atom stereocenters. The number of para-hydroxylation sites is 1. The van der Waals surface area contributed by atoms with Crippen LogP contribution in [0.25, 0.3) is 0 Å². The molecule has 4 rings (SSSR count). The highest BCUT2D eigenvalue weighted by molar-refractivity contribution is 7.99. The maximum atomic E-state index is 13.0. The first-order valence-electron chi connectivity index (χ1n) is 9.70. The number of hydrogen-bond donors (Lipinski definition) is 1. The van der Waals surface area contributed by atoms with E-state index in [0.29, 0.717) is 23.6 Å². The van der Waals surface area contributed by atoms with Crippen LogP contribution in [0, 0.1) is 5.92 Å². The zero-order valence-electron chi connectivity index (χ0n) is 16.2. The molecular weight excluding hydrogens is 436 g/mol. The van der Waals surface area contributed by atoms with Crippen LogP contribution in [-0.4, -0.2) is 31.7 Å². The summed E-state index contributed by atoms with van der Waals surface area (Å²) in [7, 11) is -3.54. The van der Waals surface area contributed by atoms with E-state index in [1.54, 1.807) is 29.3 Å². The average Bonchev–Trinajstić information content (AvgIpc) is 3.32. The van der Waals surface area contributed by atoms with Crippen LogP contribution in [0.15, 0.2) is 86.1 Å². The van der Waals surface area contributed by atoms with Crippen molar-refractivity contribution in [2.75, 3.05) is 18.4 Å². The van der Waals surface area contributed by atoms with Crippen molar-refractivity contribution in [1.82, 2.24) is 4.31 Å². The molecule has 30 heavy (non-hydrogen) atoms. The molecule has 2 heterocycles. The highest BCUT2D eigenvalue weighted by Gasteiger charge is 2.34. The molecule has 1 N–H and O–H groups in total. The highest BCUT2D eigenvalue weighted by atomic mass is 32.2. The number of carbonyl (C=O) groups excluding carboxylic acids is 1. The van der Waals surface area contributed by atoms with Gasteiger partial charge in [0.05, 0.1) is 11.6 Å². The van der Waals surface area contributed by atoms with Crippen molar-refractivity contribution in [2.45, 2.75) is 26.8 Å². The fourth-order valence-electron chi connectivity index (χ4n) is 3.42. The highest BCUT2D eigenvalue weighted by Crippen LogP contribution is 2.34. The number of amides is 1. The van der Waals surface area contributed by atoms with Gasteiger partial charge in [0.1, 0.15) is 4.21 Å². The normalized spacial score (nSPS) is 17.5. The largest absolute Gasteiger partial charge is 0.325 e. The van der Waals surface area contributed by atoms with Gasteiger partial charge < -0.3 is 5.32 Å². The number of anilines is 1. The second-order valence-electron chi connectivity index (χ2n) is 7.03. The molecule has 1 saturated heterocycles. The summed E-state index contributed by atoms with van der Waals surface area (Å²) in [6, 6.07) is 21.0. The Morgan fingerprint density at radius 2 is 1.80 bits per heavy atom. The molecule has 8 heteroatoms. The fraction of sp³-hybridized carbons (Fsp3) is 0.227. The van der Waals surface area contributed by atoms with Crippen molar-refractivity contribution in [1.29, 1.82) is 0 Å². The van der Waals surface area contributed by atoms with E-state index in [1.807, 2.05) is 54.6 Å². The first-order chi connectivity index (χ1) is 14.5. The molecule has 0 saturated carbocycles. The number of carbonyl (C=O) groups is 1. The monoisotopic (exact) mass is 458 g/mol. The molecular formula is C22H22N2O3S3. The predicted octanol–water partition coefficient (Wildman–Crippen LogP) is 4.94. The topological polar surface area (TPSA) is 66.5 Å². The Bertz CT molecular complexity index is 1100. The third kappa shape index (κ3) is 4.78. The van der Waals surface area contributed by atoms with E-state index < -0.39 is 10.0 Å². The lowest BCUT2D eigenvalue weighted by molar-refractivity contribution is -0.120. The molecule has 2 aromatic carbocycles. The zero-order valence-corrected chi connectivity index (χ0v) is 18.7. The number of nitrogens with one attached hydrogen (secondary N) is 1. The van der Waals surface area contributed by atoms with E-state index in [1.165, 1.54) is 15.6 Å². The summed E-state index contributed by atoms with van der Waals surface area (Å²) >= 11 is 2.79. The Balaban J connectivity index is 1.47. The van der Waals surface area contributed by atoms with Crippen molar-refractivity contribution < 1.29 is 13.2 Å². The van der Waals surface area contributed by atoms with Crippen molar-refractivity contribution in [2.24, 2.45) is 5.92 Å². The summed E-state index contributed by atoms with van der Waals surface area (Å²) in [5, 5.41) is 4.78. The summed E-state index contributed by atoms with van der Waals surface area (Å²) < 4.78 is 27.4. The third-order valence-electron chi connectivity index (χ3n) is 4.96. The van der Waals surface area contributed by atoms with Gasteiger partial charge in [0, 0.05) is 22.9 Å². The van der Waals surface area contributed by atoms with E-state index in [2.05, 4.69) is 5.32 Å².